The minimum atomic E-state index is -0.362. The maximum Gasteiger partial charge on any atom is 0.311 e. The molecule has 1 spiro atoms. The number of hydrogen-bond donors (Lipinski definition) is 1. The number of carbonyl (C=O) groups excluding carboxylic acids is 1. The van der Waals surface area contributed by atoms with Gasteiger partial charge in [0.05, 0.1) is 5.92 Å². The lowest BCUT2D eigenvalue weighted by Gasteiger charge is -2.31. The van der Waals surface area contributed by atoms with Crippen molar-refractivity contribution in [2.45, 2.75) is 52.1 Å². The van der Waals surface area contributed by atoms with Crippen molar-refractivity contribution >= 4 is 5.97 Å². The summed E-state index contributed by atoms with van der Waals surface area (Å²) in [4.78, 5) is 12.2. The number of nitrogens with one attached hydrogen (secondary N) is 1. The second-order valence-corrected chi connectivity index (χ2v) is 6.29. The van der Waals surface area contributed by atoms with Crippen LogP contribution < -0.4 is 5.32 Å². The van der Waals surface area contributed by atoms with Crippen LogP contribution >= 0.6 is 0 Å². The maximum absolute atomic E-state index is 12.2. The van der Waals surface area contributed by atoms with Crippen LogP contribution in [0.5, 0.6) is 0 Å². The van der Waals surface area contributed by atoms with Crippen LogP contribution in [0.15, 0.2) is 0 Å². The first-order chi connectivity index (χ1) is 7.43. The zero-order chi connectivity index (χ0) is 11.8. The molecule has 2 fully saturated rings. The van der Waals surface area contributed by atoms with Gasteiger partial charge in [-0.1, -0.05) is 12.8 Å². The molecule has 1 saturated carbocycles. The molecule has 1 atom stereocenters. The van der Waals surface area contributed by atoms with E-state index in [-0.39, 0.29) is 22.9 Å². The molecule has 92 valence electrons. The Morgan fingerprint density at radius 2 is 1.94 bits per heavy atom. The van der Waals surface area contributed by atoms with Gasteiger partial charge in [-0.05, 0) is 39.0 Å². The highest BCUT2D eigenvalue weighted by Gasteiger charge is 2.49. The molecule has 0 amide bonds. The quantitative estimate of drug-likeness (QED) is 0.695. The van der Waals surface area contributed by atoms with Gasteiger partial charge >= 0.3 is 5.97 Å². The van der Waals surface area contributed by atoms with E-state index in [9.17, 15) is 4.79 Å². The highest BCUT2D eigenvalue weighted by molar-refractivity contribution is 5.74. The Kier molecular flexibility index (Phi) is 2.99. The first-order valence-electron chi connectivity index (χ1n) is 6.37. The van der Waals surface area contributed by atoms with Crippen molar-refractivity contribution in [3.05, 3.63) is 0 Å². The second kappa shape index (κ2) is 4.02. The molecule has 0 aromatic rings. The first-order valence-corrected chi connectivity index (χ1v) is 6.37. The molecule has 3 nitrogen and oxygen atoms in total. The molecule has 2 aliphatic rings. The summed E-state index contributed by atoms with van der Waals surface area (Å²) < 4.78 is 5.53. The van der Waals surface area contributed by atoms with Crippen LogP contribution in [-0.4, -0.2) is 24.7 Å². The predicted octanol–water partition coefficient (Wildman–Crippen LogP) is 2.11. The molecular weight excluding hydrogens is 202 g/mol. The topological polar surface area (TPSA) is 38.3 Å². The average molecular weight is 225 g/mol. The SMILES string of the molecule is CC(C)(C)OC(=O)C1CNCC12CCCC2. The van der Waals surface area contributed by atoms with E-state index >= 15 is 0 Å². The van der Waals surface area contributed by atoms with Crippen LogP contribution in [0.3, 0.4) is 0 Å². The van der Waals surface area contributed by atoms with Gasteiger partial charge in [-0.2, -0.15) is 0 Å². The molecular formula is C13H23NO2. The predicted molar refractivity (Wildman–Crippen MR) is 63.1 cm³/mol. The molecule has 3 heteroatoms. The molecule has 1 aliphatic heterocycles. The number of ether oxygens (including phenoxy) is 1. The van der Waals surface area contributed by atoms with E-state index in [1.165, 1.54) is 25.7 Å². The van der Waals surface area contributed by atoms with Crippen molar-refractivity contribution in [1.29, 1.82) is 0 Å². The third-order valence-electron chi connectivity index (χ3n) is 3.86. The third-order valence-corrected chi connectivity index (χ3v) is 3.86. The fourth-order valence-corrected chi connectivity index (χ4v) is 3.12. The van der Waals surface area contributed by atoms with Crippen molar-refractivity contribution in [2.24, 2.45) is 11.3 Å². The van der Waals surface area contributed by atoms with Crippen LogP contribution in [0.1, 0.15) is 46.5 Å². The highest BCUT2D eigenvalue weighted by Crippen LogP contribution is 2.47. The summed E-state index contributed by atoms with van der Waals surface area (Å²) >= 11 is 0. The van der Waals surface area contributed by atoms with E-state index in [1.807, 2.05) is 20.8 Å². The summed E-state index contributed by atoms with van der Waals surface area (Å²) in [5, 5.41) is 3.37. The lowest BCUT2D eigenvalue weighted by Crippen LogP contribution is -2.37. The van der Waals surface area contributed by atoms with Gasteiger partial charge in [-0.25, -0.2) is 0 Å². The fraction of sp³-hybridized carbons (Fsp3) is 0.923. The van der Waals surface area contributed by atoms with Crippen LogP contribution in [-0.2, 0) is 9.53 Å². The summed E-state index contributed by atoms with van der Waals surface area (Å²) in [7, 11) is 0. The van der Waals surface area contributed by atoms with Gasteiger partial charge in [0.1, 0.15) is 5.60 Å². The molecule has 1 saturated heterocycles. The summed E-state index contributed by atoms with van der Waals surface area (Å²) in [6.45, 7) is 7.61. The van der Waals surface area contributed by atoms with Gasteiger partial charge in [0.15, 0.2) is 0 Å². The number of hydrogen-bond acceptors (Lipinski definition) is 3. The molecule has 0 aromatic heterocycles. The summed E-state index contributed by atoms with van der Waals surface area (Å²) in [5.74, 6) is 0.0774. The van der Waals surface area contributed by atoms with E-state index in [4.69, 9.17) is 4.74 Å². The zero-order valence-corrected chi connectivity index (χ0v) is 10.6. The first kappa shape index (κ1) is 11.9. The Labute approximate surface area is 97.9 Å². The second-order valence-electron chi connectivity index (χ2n) is 6.29. The lowest BCUT2D eigenvalue weighted by atomic mass is 9.76. The van der Waals surface area contributed by atoms with E-state index in [0.29, 0.717) is 0 Å². The standard InChI is InChI=1S/C13H23NO2/c1-12(2,3)16-11(15)10-8-14-9-13(10)6-4-5-7-13/h10,14H,4-9H2,1-3H3. The van der Waals surface area contributed by atoms with Gasteiger partial charge in [-0.3, -0.25) is 4.79 Å². The van der Waals surface area contributed by atoms with Crippen LogP contribution in [0.25, 0.3) is 0 Å². The van der Waals surface area contributed by atoms with Crippen LogP contribution in [0.4, 0.5) is 0 Å². The molecule has 16 heavy (non-hydrogen) atoms. The molecule has 0 radical (unpaired) electrons. The molecule has 1 unspecified atom stereocenters. The average Bonchev–Trinajstić information content (AvgIpc) is 2.74. The molecule has 1 N–H and O–H groups in total. The van der Waals surface area contributed by atoms with Crippen molar-refractivity contribution in [3.63, 3.8) is 0 Å². The normalized spacial score (nSPS) is 28.6. The fourth-order valence-electron chi connectivity index (χ4n) is 3.12. The maximum atomic E-state index is 12.2. The molecule has 2 rings (SSSR count). The van der Waals surface area contributed by atoms with Crippen LogP contribution in [0.2, 0.25) is 0 Å². The summed E-state index contributed by atoms with van der Waals surface area (Å²) in [6, 6.07) is 0. The number of carbonyl (C=O) groups is 1. The van der Waals surface area contributed by atoms with Gasteiger partial charge < -0.3 is 10.1 Å². The molecule has 0 bridgehead atoms. The van der Waals surface area contributed by atoms with Crippen molar-refractivity contribution in [3.8, 4) is 0 Å². The van der Waals surface area contributed by atoms with Gasteiger partial charge in [0.2, 0.25) is 0 Å². The Balaban J connectivity index is 2.05. The molecule has 1 heterocycles. The Bertz CT molecular complexity index is 269. The number of esters is 1. The largest absolute Gasteiger partial charge is 0.460 e. The number of rotatable bonds is 1. The van der Waals surface area contributed by atoms with Crippen molar-refractivity contribution in [2.75, 3.05) is 13.1 Å². The van der Waals surface area contributed by atoms with E-state index in [1.54, 1.807) is 0 Å². The molecule has 1 aliphatic carbocycles. The zero-order valence-electron chi connectivity index (χ0n) is 10.6. The van der Waals surface area contributed by atoms with Gasteiger partial charge in [-0.15, -0.1) is 0 Å². The minimum absolute atomic E-state index is 0.000556. The third kappa shape index (κ3) is 2.24. The molecule has 0 aromatic carbocycles. The van der Waals surface area contributed by atoms with Crippen molar-refractivity contribution < 1.29 is 9.53 Å². The van der Waals surface area contributed by atoms with Crippen LogP contribution in [0, 0.1) is 11.3 Å². The monoisotopic (exact) mass is 225 g/mol. The Morgan fingerprint density at radius 1 is 1.31 bits per heavy atom. The minimum Gasteiger partial charge on any atom is -0.460 e. The van der Waals surface area contributed by atoms with Gasteiger partial charge in [0.25, 0.3) is 0 Å². The lowest BCUT2D eigenvalue weighted by molar-refractivity contribution is -0.163. The van der Waals surface area contributed by atoms with Crippen molar-refractivity contribution in [1.82, 2.24) is 5.32 Å². The van der Waals surface area contributed by atoms with Gasteiger partial charge in [0, 0.05) is 13.1 Å². The summed E-state index contributed by atoms with van der Waals surface area (Å²) in [6.07, 6.45) is 4.90. The summed E-state index contributed by atoms with van der Waals surface area (Å²) in [5.41, 5.74) is -0.151. The highest BCUT2D eigenvalue weighted by atomic mass is 16.6. The van der Waals surface area contributed by atoms with E-state index in [2.05, 4.69) is 5.32 Å². The van der Waals surface area contributed by atoms with E-state index in [0.717, 1.165) is 13.1 Å². The Morgan fingerprint density at radius 3 is 2.50 bits per heavy atom. The smallest absolute Gasteiger partial charge is 0.311 e. The Hall–Kier alpha value is -0.570. The van der Waals surface area contributed by atoms with E-state index < -0.39 is 0 Å².